The number of benzene rings is 2. The lowest BCUT2D eigenvalue weighted by Gasteiger charge is -2.12. The van der Waals surface area contributed by atoms with E-state index in [0.29, 0.717) is 22.7 Å². The van der Waals surface area contributed by atoms with Crippen molar-refractivity contribution in [1.29, 1.82) is 0 Å². The highest BCUT2D eigenvalue weighted by Gasteiger charge is 2.11. The molecule has 1 N–H and O–H groups in total. The van der Waals surface area contributed by atoms with Crippen molar-refractivity contribution in [2.75, 3.05) is 19.0 Å². The number of ketones is 1. The van der Waals surface area contributed by atoms with Crippen LogP contribution in [0.3, 0.4) is 0 Å². The Morgan fingerprint density at radius 1 is 1.08 bits per heavy atom. The first-order valence-electron chi connectivity index (χ1n) is 8.04. The third-order valence-electron chi connectivity index (χ3n) is 3.85. The maximum absolute atomic E-state index is 12.3. The molecule has 0 spiro atoms. The zero-order valence-corrected chi connectivity index (χ0v) is 14.5. The number of amides is 1. The number of pyridine rings is 1. The minimum atomic E-state index is -0.306. The number of carbonyl (C=O) groups excluding carboxylic acids is 2. The van der Waals surface area contributed by atoms with E-state index < -0.39 is 0 Å². The van der Waals surface area contributed by atoms with Gasteiger partial charge in [0.1, 0.15) is 0 Å². The number of Topliss-reactive ketones (excluding diaryl/α,β-unsaturated/α-hetero) is 1. The number of hydrogen-bond donors (Lipinski definition) is 1. The first-order valence-corrected chi connectivity index (χ1v) is 8.04. The Morgan fingerprint density at radius 3 is 2.69 bits per heavy atom. The number of nitrogens with zero attached hydrogens (tertiary/aromatic N) is 1. The molecular formula is C20H18N2O4. The van der Waals surface area contributed by atoms with Crippen LogP contribution in [-0.4, -0.2) is 30.4 Å². The average molecular weight is 350 g/mol. The van der Waals surface area contributed by atoms with E-state index in [1.54, 1.807) is 24.4 Å². The third kappa shape index (κ3) is 3.80. The van der Waals surface area contributed by atoms with Gasteiger partial charge in [0, 0.05) is 17.1 Å². The molecule has 0 saturated carbocycles. The van der Waals surface area contributed by atoms with Gasteiger partial charge in [0.25, 0.3) is 5.91 Å². The number of anilines is 1. The summed E-state index contributed by atoms with van der Waals surface area (Å²) in [4.78, 5) is 27.9. The fraction of sp³-hybridized carbons (Fsp3) is 0.150. The van der Waals surface area contributed by atoms with Crippen molar-refractivity contribution in [2.45, 2.75) is 6.92 Å². The smallest absolute Gasteiger partial charge is 0.262 e. The molecule has 6 heteroatoms. The summed E-state index contributed by atoms with van der Waals surface area (Å²) in [5, 5.41) is 3.68. The molecule has 132 valence electrons. The van der Waals surface area contributed by atoms with Crippen LogP contribution in [0.25, 0.3) is 10.9 Å². The van der Waals surface area contributed by atoms with Gasteiger partial charge in [-0.05, 0) is 49.4 Å². The van der Waals surface area contributed by atoms with Crippen molar-refractivity contribution in [1.82, 2.24) is 4.98 Å². The summed E-state index contributed by atoms with van der Waals surface area (Å²) in [6.07, 6.45) is 1.70. The van der Waals surface area contributed by atoms with Gasteiger partial charge in [0.15, 0.2) is 23.9 Å². The first kappa shape index (κ1) is 17.4. The van der Waals surface area contributed by atoms with Crippen molar-refractivity contribution >= 4 is 28.3 Å². The maximum Gasteiger partial charge on any atom is 0.262 e. The zero-order chi connectivity index (χ0) is 18.5. The van der Waals surface area contributed by atoms with Gasteiger partial charge in [0.05, 0.1) is 18.3 Å². The second-order valence-electron chi connectivity index (χ2n) is 5.63. The number of carbonyl (C=O) groups is 2. The number of fused-ring (bicyclic) bond motifs is 1. The van der Waals surface area contributed by atoms with Crippen molar-refractivity contribution in [3.8, 4) is 11.5 Å². The molecule has 6 nitrogen and oxygen atoms in total. The van der Waals surface area contributed by atoms with Crippen LogP contribution in [0, 0.1) is 0 Å². The van der Waals surface area contributed by atoms with E-state index in [1.807, 2.05) is 30.3 Å². The topological polar surface area (TPSA) is 77.5 Å². The van der Waals surface area contributed by atoms with Crippen molar-refractivity contribution in [3.63, 3.8) is 0 Å². The summed E-state index contributed by atoms with van der Waals surface area (Å²) in [5.41, 5.74) is 1.98. The number of nitrogens with one attached hydrogen (secondary N) is 1. The van der Waals surface area contributed by atoms with E-state index in [0.717, 1.165) is 10.9 Å². The largest absolute Gasteiger partial charge is 0.493 e. The van der Waals surface area contributed by atoms with Gasteiger partial charge in [-0.3, -0.25) is 14.6 Å². The number of rotatable bonds is 6. The lowest BCUT2D eigenvalue weighted by Crippen LogP contribution is -2.20. The summed E-state index contributed by atoms with van der Waals surface area (Å²) in [6.45, 7) is 1.29. The van der Waals surface area contributed by atoms with Gasteiger partial charge in [-0.15, -0.1) is 0 Å². The van der Waals surface area contributed by atoms with Gasteiger partial charge < -0.3 is 14.8 Å². The Balaban J connectivity index is 1.70. The molecule has 2 aromatic carbocycles. The molecule has 0 bridgehead atoms. The van der Waals surface area contributed by atoms with E-state index in [2.05, 4.69) is 10.3 Å². The molecule has 1 aromatic heterocycles. The van der Waals surface area contributed by atoms with Gasteiger partial charge in [-0.2, -0.15) is 0 Å². The molecule has 0 aliphatic carbocycles. The van der Waals surface area contributed by atoms with Crippen LogP contribution in [-0.2, 0) is 4.79 Å². The predicted molar refractivity (Wildman–Crippen MR) is 98.9 cm³/mol. The van der Waals surface area contributed by atoms with Gasteiger partial charge >= 0.3 is 0 Å². The fourth-order valence-corrected chi connectivity index (χ4v) is 2.55. The van der Waals surface area contributed by atoms with E-state index in [-0.39, 0.29) is 18.3 Å². The summed E-state index contributed by atoms with van der Waals surface area (Å²) in [5.74, 6) is 0.420. The Hall–Kier alpha value is -3.41. The van der Waals surface area contributed by atoms with E-state index in [9.17, 15) is 9.59 Å². The quantitative estimate of drug-likeness (QED) is 0.689. The molecule has 3 aromatic rings. The normalized spacial score (nSPS) is 10.4. The molecular weight excluding hydrogens is 332 g/mol. The number of ether oxygens (including phenoxy) is 2. The highest BCUT2D eigenvalue weighted by molar-refractivity contribution is 6.01. The molecule has 0 aliphatic heterocycles. The second-order valence-corrected chi connectivity index (χ2v) is 5.63. The second kappa shape index (κ2) is 7.65. The minimum absolute atomic E-state index is 0.0721. The van der Waals surface area contributed by atoms with Crippen molar-refractivity contribution in [2.24, 2.45) is 0 Å². The molecule has 0 aliphatic rings. The molecule has 0 fully saturated rings. The Bertz CT molecular complexity index is 964. The van der Waals surface area contributed by atoms with E-state index >= 15 is 0 Å². The number of hydrogen-bond acceptors (Lipinski definition) is 5. The Kier molecular flexibility index (Phi) is 5.12. The summed E-state index contributed by atoms with van der Waals surface area (Å²) in [7, 11) is 1.48. The van der Waals surface area contributed by atoms with Crippen LogP contribution in [0.15, 0.2) is 54.7 Å². The minimum Gasteiger partial charge on any atom is -0.493 e. The van der Waals surface area contributed by atoms with Gasteiger partial charge in [0.2, 0.25) is 0 Å². The zero-order valence-electron chi connectivity index (χ0n) is 14.5. The van der Waals surface area contributed by atoms with E-state index in [4.69, 9.17) is 9.47 Å². The lowest BCUT2D eigenvalue weighted by atomic mass is 10.1. The average Bonchev–Trinajstić information content (AvgIpc) is 2.66. The third-order valence-corrected chi connectivity index (χ3v) is 3.85. The SMILES string of the molecule is COc1cc(C(C)=O)ccc1OCC(=O)Nc1cccc2ncccc12. The molecule has 0 unspecified atom stereocenters. The molecule has 1 amide bonds. The number of aromatic nitrogens is 1. The van der Waals surface area contributed by atoms with Crippen LogP contribution in [0.4, 0.5) is 5.69 Å². The standard InChI is InChI=1S/C20H18N2O4/c1-13(23)14-8-9-18(19(11-14)25-2)26-12-20(24)22-17-7-3-6-16-15(17)5-4-10-21-16/h3-11H,12H2,1-2H3,(H,22,24). The lowest BCUT2D eigenvalue weighted by molar-refractivity contribution is -0.118. The highest BCUT2D eigenvalue weighted by atomic mass is 16.5. The van der Waals surface area contributed by atoms with Gasteiger partial charge in [-0.1, -0.05) is 6.07 Å². The van der Waals surface area contributed by atoms with Crippen molar-refractivity contribution < 1.29 is 19.1 Å². The fourth-order valence-electron chi connectivity index (χ4n) is 2.55. The monoisotopic (exact) mass is 350 g/mol. The predicted octanol–water partition coefficient (Wildman–Crippen LogP) is 3.46. The Labute approximate surface area is 150 Å². The van der Waals surface area contributed by atoms with E-state index in [1.165, 1.54) is 14.0 Å². The molecule has 0 atom stereocenters. The number of methoxy groups -OCH3 is 1. The van der Waals surface area contributed by atoms with Crippen LogP contribution < -0.4 is 14.8 Å². The van der Waals surface area contributed by atoms with Crippen LogP contribution in [0.5, 0.6) is 11.5 Å². The summed E-state index contributed by atoms with van der Waals surface area (Å²) >= 11 is 0. The van der Waals surface area contributed by atoms with Crippen LogP contribution >= 0.6 is 0 Å². The molecule has 0 radical (unpaired) electrons. The summed E-state index contributed by atoms with van der Waals surface area (Å²) in [6, 6.07) is 14.1. The Morgan fingerprint density at radius 2 is 1.92 bits per heavy atom. The molecule has 1 heterocycles. The molecule has 0 saturated heterocycles. The van der Waals surface area contributed by atoms with Crippen LogP contribution in [0.1, 0.15) is 17.3 Å². The first-order chi connectivity index (χ1) is 12.6. The maximum atomic E-state index is 12.3. The highest BCUT2D eigenvalue weighted by Crippen LogP contribution is 2.28. The molecule has 26 heavy (non-hydrogen) atoms. The van der Waals surface area contributed by atoms with Crippen LogP contribution in [0.2, 0.25) is 0 Å². The van der Waals surface area contributed by atoms with Crippen molar-refractivity contribution in [3.05, 3.63) is 60.3 Å². The van der Waals surface area contributed by atoms with Gasteiger partial charge in [-0.25, -0.2) is 0 Å². The summed E-state index contributed by atoms with van der Waals surface area (Å²) < 4.78 is 10.8. The molecule has 3 rings (SSSR count).